The van der Waals surface area contributed by atoms with E-state index in [1.54, 1.807) is 33.4 Å². The van der Waals surface area contributed by atoms with Crippen LogP contribution >= 0.6 is 35.6 Å². The number of hydrogen-bond donors (Lipinski definition) is 2. The van der Waals surface area contributed by atoms with E-state index in [-0.39, 0.29) is 24.0 Å². The number of ether oxygens (including phenoxy) is 2. The zero-order valence-corrected chi connectivity index (χ0v) is 19.9. The summed E-state index contributed by atoms with van der Waals surface area (Å²) >= 11 is 5.90. The van der Waals surface area contributed by atoms with Crippen molar-refractivity contribution in [1.82, 2.24) is 20.8 Å². The number of guanidine groups is 1. The van der Waals surface area contributed by atoms with Crippen molar-refractivity contribution in [1.29, 1.82) is 0 Å². The van der Waals surface area contributed by atoms with Crippen molar-refractivity contribution in [3.8, 4) is 22.9 Å². The van der Waals surface area contributed by atoms with Crippen LogP contribution in [0.5, 0.6) is 11.5 Å². The Bertz CT molecular complexity index is 979. The Morgan fingerprint density at radius 2 is 1.80 bits per heavy atom. The van der Waals surface area contributed by atoms with Gasteiger partial charge in [-0.3, -0.25) is 4.99 Å². The minimum Gasteiger partial charge on any atom is -0.497 e. The summed E-state index contributed by atoms with van der Waals surface area (Å²) in [4.78, 5) is 8.59. The molecule has 0 saturated carbocycles. The first-order valence-corrected chi connectivity index (χ1v) is 9.24. The van der Waals surface area contributed by atoms with E-state index in [0.29, 0.717) is 35.8 Å². The fourth-order valence-electron chi connectivity index (χ4n) is 2.60. The molecule has 0 unspecified atom stereocenters. The predicted octanol–water partition coefficient (Wildman–Crippen LogP) is 3.89. The molecule has 0 radical (unpaired) electrons. The van der Waals surface area contributed by atoms with Crippen molar-refractivity contribution in [2.45, 2.75) is 13.1 Å². The molecule has 0 aliphatic carbocycles. The summed E-state index contributed by atoms with van der Waals surface area (Å²) in [7, 11) is 4.93. The summed E-state index contributed by atoms with van der Waals surface area (Å²) in [5.41, 5.74) is 1.80. The standard InChI is InChI=1S/C20H22ClN5O3.HI/c1-22-20(23-11-14-6-9-16(27-2)10-17(14)28-3)24-12-18-25-19(26-29-18)13-4-7-15(21)8-5-13;/h4-10H,11-12H2,1-3H3,(H2,22,23,24);1H. The second-order valence-electron chi connectivity index (χ2n) is 5.98. The van der Waals surface area contributed by atoms with Crippen LogP contribution in [0.4, 0.5) is 0 Å². The van der Waals surface area contributed by atoms with E-state index in [1.807, 2.05) is 30.3 Å². The fraction of sp³-hybridized carbons (Fsp3) is 0.250. The summed E-state index contributed by atoms with van der Waals surface area (Å²) < 4.78 is 15.9. The van der Waals surface area contributed by atoms with Crippen LogP contribution in [0.2, 0.25) is 5.02 Å². The van der Waals surface area contributed by atoms with Gasteiger partial charge in [-0.1, -0.05) is 16.8 Å². The molecule has 0 spiro atoms. The van der Waals surface area contributed by atoms with Crippen LogP contribution in [-0.4, -0.2) is 37.4 Å². The summed E-state index contributed by atoms with van der Waals surface area (Å²) in [6.45, 7) is 0.854. The van der Waals surface area contributed by atoms with Crippen LogP contribution in [0, 0.1) is 0 Å². The van der Waals surface area contributed by atoms with E-state index in [9.17, 15) is 0 Å². The average molecular weight is 544 g/mol. The van der Waals surface area contributed by atoms with E-state index in [2.05, 4.69) is 25.8 Å². The monoisotopic (exact) mass is 543 g/mol. The molecular weight excluding hydrogens is 521 g/mol. The molecule has 0 saturated heterocycles. The van der Waals surface area contributed by atoms with Crippen LogP contribution < -0.4 is 20.1 Å². The molecule has 0 atom stereocenters. The van der Waals surface area contributed by atoms with Crippen LogP contribution in [0.1, 0.15) is 11.5 Å². The largest absolute Gasteiger partial charge is 0.497 e. The first kappa shape index (κ1) is 23.7. The first-order chi connectivity index (χ1) is 14.1. The van der Waals surface area contributed by atoms with Gasteiger partial charge in [-0.05, 0) is 36.4 Å². The maximum Gasteiger partial charge on any atom is 0.246 e. The molecule has 0 aliphatic rings. The van der Waals surface area contributed by atoms with E-state index < -0.39 is 0 Å². The second-order valence-corrected chi connectivity index (χ2v) is 6.41. The molecule has 2 aromatic carbocycles. The van der Waals surface area contributed by atoms with Crippen molar-refractivity contribution in [2.75, 3.05) is 21.3 Å². The quantitative estimate of drug-likeness (QED) is 0.265. The highest BCUT2D eigenvalue weighted by molar-refractivity contribution is 14.0. The average Bonchev–Trinajstić information content (AvgIpc) is 3.23. The molecule has 0 bridgehead atoms. The third kappa shape index (κ3) is 6.23. The predicted molar refractivity (Wildman–Crippen MR) is 127 cm³/mol. The molecule has 2 N–H and O–H groups in total. The number of nitrogens with zero attached hydrogens (tertiary/aromatic N) is 3. The number of aliphatic imine (C=N–C) groups is 1. The van der Waals surface area contributed by atoms with E-state index in [0.717, 1.165) is 22.6 Å². The lowest BCUT2D eigenvalue weighted by Crippen LogP contribution is -2.36. The summed E-state index contributed by atoms with van der Waals surface area (Å²) in [5, 5.41) is 11.0. The van der Waals surface area contributed by atoms with Crippen molar-refractivity contribution >= 4 is 41.5 Å². The smallest absolute Gasteiger partial charge is 0.246 e. The molecule has 160 valence electrons. The molecule has 0 fully saturated rings. The second kappa shape index (κ2) is 11.6. The molecule has 1 aromatic heterocycles. The topological polar surface area (TPSA) is 93.8 Å². The molecule has 0 amide bonds. The number of benzene rings is 2. The minimum absolute atomic E-state index is 0. The lowest BCUT2D eigenvalue weighted by molar-refractivity contribution is 0.375. The lowest BCUT2D eigenvalue weighted by atomic mass is 10.2. The Morgan fingerprint density at radius 3 is 2.47 bits per heavy atom. The van der Waals surface area contributed by atoms with Gasteiger partial charge in [0.2, 0.25) is 11.7 Å². The third-order valence-corrected chi connectivity index (χ3v) is 4.39. The molecule has 8 nitrogen and oxygen atoms in total. The van der Waals surface area contributed by atoms with Crippen molar-refractivity contribution in [3.63, 3.8) is 0 Å². The van der Waals surface area contributed by atoms with Crippen molar-refractivity contribution in [3.05, 3.63) is 58.9 Å². The third-order valence-electron chi connectivity index (χ3n) is 4.14. The van der Waals surface area contributed by atoms with Gasteiger partial charge in [0, 0.05) is 35.8 Å². The number of hydrogen-bond acceptors (Lipinski definition) is 6. The summed E-state index contributed by atoms with van der Waals surface area (Å²) in [6, 6.07) is 12.9. The van der Waals surface area contributed by atoms with Gasteiger partial charge in [0.25, 0.3) is 0 Å². The maximum absolute atomic E-state index is 5.90. The van der Waals surface area contributed by atoms with Crippen LogP contribution in [0.15, 0.2) is 52.0 Å². The SMILES string of the molecule is CN=C(NCc1nc(-c2ccc(Cl)cc2)no1)NCc1ccc(OC)cc1OC.I. The highest BCUT2D eigenvalue weighted by Crippen LogP contribution is 2.24. The lowest BCUT2D eigenvalue weighted by Gasteiger charge is -2.13. The van der Waals surface area contributed by atoms with Gasteiger partial charge in [0.05, 0.1) is 20.8 Å². The fourth-order valence-corrected chi connectivity index (χ4v) is 2.73. The molecule has 30 heavy (non-hydrogen) atoms. The van der Waals surface area contributed by atoms with Gasteiger partial charge < -0.3 is 24.6 Å². The first-order valence-electron chi connectivity index (χ1n) is 8.87. The molecule has 1 heterocycles. The van der Waals surface area contributed by atoms with Gasteiger partial charge in [0.15, 0.2) is 5.96 Å². The van der Waals surface area contributed by atoms with Gasteiger partial charge in [-0.2, -0.15) is 4.98 Å². The zero-order valence-electron chi connectivity index (χ0n) is 16.8. The molecular formula is C20H23ClIN5O3. The van der Waals surface area contributed by atoms with Gasteiger partial charge in [0.1, 0.15) is 11.5 Å². The summed E-state index contributed by atoms with van der Waals surface area (Å²) in [6.07, 6.45) is 0. The molecule has 0 aliphatic heterocycles. The normalized spacial score (nSPS) is 10.9. The Kier molecular flexibility index (Phi) is 9.18. The minimum atomic E-state index is 0. The van der Waals surface area contributed by atoms with E-state index in [1.165, 1.54) is 0 Å². The molecule has 10 heteroatoms. The van der Waals surface area contributed by atoms with E-state index >= 15 is 0 Å². The highest BCUT2D eigenvalue weighted by Gasteiger charge is 2.10. The van der Waals surface area contributed by atoms with Gasteiger partial charge in [-0.25, -0.2) is 0 Å². The maximum atomic E-state index is 5.90. The Labute approximate surface area is 197 Å². The van der Waals surface area contributed by atoms with Crippen molar-refractivity contribution < 1.29 is 14.0 Å². The Morgan fingerprint density at radius 1 is 1.07 bits per heavy atom. The summed E-state index contributed by atoms with van der Waals surface area (Å²) in [5.74, 6) is 3.01. The molecule has 3 rings (SSSR count). The number of nitrogens with one attached hydrogen (secondary N) is 2. The number of halogens is 2. The van der Waals surface area contributed by atoms with Crippen LogP contribution in [-0.2, 0) is 13.1 Å². The number of rotatable bonds is 7. The van der Waals surface area contributed by atoms with Crippen LogP contribution in [0.3, 0.4) is 0 Å². The van der Waals surface area contributed by atoms with Crippen LogP contribution in [0.25, 0.3) is 11.4 Å². The number of aromatic nitrogens is 2. The van der Waals surface area contributed by atoms with Gasteiger partial charge in [-0.15, -0.1) is 24.0 Å². The highest BCUT2D eigenvalue weighted by atomic mass is 127. The Balaban J connectivity index is 0.00000320. The zero-order chi connectivity index (χ0) is 20.6. The number of methoxy groups -OCH3 is 2. The Hall–Kier alpha value is -2.53. The molecule has 3 aromatic rings. The van der Waals surface area contributed by atoms with Gasteiger partial charge >= 0.3 is 0 Å². The van der Waals surface area contributed by atoms with E-state index in [4.69, 9.17) is 25.6 Å². The van der Waals surface area contributed by atoms with Crippen molar-refractivity contribution in [2.24, 2.45) is 4.99 Å².